The molecule has 3 aromatic rings. The molecule has 0 spiro atoms. The number of nitrogens with zero attached hydrogens (tertiary/aromatic N) is 3. The second kappa shape index (κ2) is 9.18. The Hall–Kier alpha value is -2.38. The summed E-state index contributed by atoms with van der Waals surface area (Å²) in [7, 11) is 0. The highest BCUT2D eigenvalue weighted by molar-refractivity contribution is 7.17. The maximum atomic E-state index is 13.1. The highest BCUT2D eigenvalue weighted by Gasteiger charge is 2.30. The van der Waals surface area contributed by atoms with Crippen LogP contribution < -0.4 is 5.32 Å². The number of nitrogens with one attached hydrogen (secondary N) is 1. The van der Waals surface area contributed by atoms with Crippen molar-refractivity contribution in [1.29, 1.82) is 0 Å². The van der Waals surface area contributed by atoms with E-state index in [1.807, 2.05) is 43.0 Å². The summed E-state index contributed by atoms with van der Waals surface area (Å²) in [6.45, 7) is 6.06. The summed E-state index contributed by atoms with van der Waals surface area (Å²) in [5.41, 5.74) is 1.87. The first-order valence-corrected chi connectivity index (χ1v) is 11.4. The van der Waals surface area contributed by atoms with Crippen molar-refractivity contribution >= 4 is 34.0 Å². The average Bonchev–Trinajstić information content (AvgIpc) is 3.34. The van der Waals surface area contributed by atoms with E-state index in [0.717, 1.165) is 48.1 Å². The molecule has 0 saturated carbocycles. The van der Waals surface area contributed by atoms with Crippen molar-refractivity contribution in [3.05, 3.63) is 63.3 Å². The number of halogens is 1. The first kappa shape index (κ1) is 20.9. The summed E-state index contributed by atoms with van der Waals surface area (Å²) in [6.07, 6.45) is 4.33. The predicted octanol–water partition coefficient (Wildman–Crippen LogP) is 5.14. The van der Waals surface area contributed by atoms with Crippen LogP contribution in [0.25, 0.3) is 0 Å². The zero-order chi connectivity index (χ0) is 21.1. The molecule has 1 aromatic carbocycles. The molecule has 1 aliphatic rings. The Bertz CT molecular complexity index is 1030. The average molecular weight is 445 g/mol. The third-order valence-corrected chi connectivity index (χ3v) is 6.55. The Morgan fingerprint density at radius 3 is 3.10 bits per heavy atom. The number of aryl methyl sites for hydroxylation is 1. The van der Waals surface area contributed by atoms with Gasteiger partial charge in [-0.2, -0.15) is 0 Å². The van der Waals surface area contributed by atoms with E-state index in [-0.39, 0.29) is 11.8 Å². The first-order valence-electron chi connectivity index (χ1n) is 10.2. The van der Waals surface area contributed by atoms with Gasteiger partial charge in [-0.3, -0.25) is 4.79 Å². The van der Waals surface area contributed by atoms with E-state index in [0.29, 0.717) is 28.8 Å². The van der Waals surface area contributed by atoms with Gasteiger partial charge in [0.2, 0.25) is 0 Å². The van der Waals surface area contributed by atoms with Crippen molar-refractivity contribution < 1.29 is 9.21 Å². The fourth-order valence-corrected chi connectivity index (χ4v) is 4.98. The number of aromatic nitrogens is 2. The zero-order valence-corrected chi connectivity index (χ0v) is 18.7. The minimum atomic E-state index is 0.0459. The molecule has 1 N–H and O–H groups in total. The third kappa shape index (κ3) is 4.68. The fraction of sp³-hybridized carbons (Fsp3) is 0.409. The van der Waals surface area contributed by atoms with Crippen molar-refractivity contribution in [2.24, 2.45) is 0 Å². The maximum Gasteiger partial charge on any atom is 0.265 e. The maximum absolute atomic E-state index is 13.1. The number of carbonyl (C=O) groups is 1. The number of rotatable bonds is 6. The van der Waals surface area contributed by atoms with Crippen LogP contribution in [0.2, 0.25) is 5.02 Å². The van der Waals surface area contributed by atoms with E-state index < -0.39 is 0 Å². The number of benzene rings is 1. The molecule has 1 fully saturated rings. The van der Waals surface area contributed by atoms with Gasteiger partial charge in [0.1, 0.15) is 10.6 Å². The molecule has 30 heavy (non-hydrogen) atoms. The molecule has 1 saturated heterocycles. The van der Waals surface area contributed by atoms with E-state index in [1.54, 1.807) is 6.20 Å². The minimum absolute atomic E-state index is 0.0459. The summed E-state index contributed by atoms with van der Waals surface area (Å²) in [4.78, 5) is 24.7. The van der Waals surface area contributed by atoms with Gasteiger partial charge < -0.3 is 14.6 Å². The number of piperidine rings is 1. The van der Waals surface area contributed by atoms with E-state index >= 15 is 0 Å². The van der Waals surface area contributed by atoms with Crippen molar-refractivity contribution in [1.82, 2.24) is 14.9 Å². The van der Waals surface area contributed by atoms with Crippen LogP contribution in [0.1, 0.15) is 58.3 Å². The summed E-state index contributed by atoms with van der Waals surface area (Å²) < 4.78 is 6.05. The number of thiazole rings is 1. The number of anilines is 1. The standard InChI is InChI=1S/C22H25ClN4O2S/c1-3-24-22-26-14(2)19(30-22)21(28)27-9-5-7-16(13-27)20-25-12-18(29-20)11-15-6-4-8-17(23)10-15/h4,6,8,10,12,16H,3,5,7,9,11,13H2,1-2H3,(H,24,26)/t16-/m0/s1. The number of amides is 1. The molecule has 8 heteroatoms. The van der Waals surface area contributed by atoms with Crippen LogP contribution in [-0.4, -0.2) is 40.4 Å². The van der Waals surface area contributed by atoms with E-state index in [9.17, 15) is 4.79 Å². The molecule has 0 radical (unpaired) electrons. The zero-order valence-electron chi connectivity index (χ0n) is 17.2. The Morgan fingerprint density at radius 1 is 1.43 bits per heavy atom. The second-order valence-electron chi connectivity index (χ2n) is 7.53. The van der Waals surface area contributed by atoms with Crippen LogP contribution in [0.3, 0.4) is 0 Å². The largest absolute Gasteiger partial charge is 0.445 e. The Morgan fingerprint density at radius 2 is 2.30 bits per heavy atom. The molecule has 1 amide bonds. The van der Waals surface area contributed by atoms with Gasteiger partial charge in [-0.15, -0.1) is 0 Å². The van der Waals surface area contributed by atoms with Gasteiger partial charge in [0, 0.05) is 31.1 Å². The lowest BCUT2D eigenvalue weighted by Gasteiger charge is -2.31. The SMILES string of the molecule is CCNc1nc(C)c(C(=O)N2CCC[C@H](c3ncc(Cc4cccc(Cl)c4)o3)C2)s1. The van der Waals surface area contributed by atoms with Crippen molar-refractivity contribution in [3.63, 3.8) is 0 Å². The van der Waals surface area contributed by atoms with Gasteiger partial charge in [0.25, 0.3) is 5.91 Å². The van der Waals surface area contributed by atoms with Crippen molar-refractivity contribution in [2.45, 2.75) is 39.0 Å². The molecule has 1 aliphatic heterocycles. The molecule has 0 bridgehead atoms. The van der Waals surface area contributed by atoms with Gasteiger partial charge in [-0.1, -0.05) is 35.1 Å². The monoisotopic (exact) mass is 444 g/mol. The van der Waals surface area contributed by atoms with Crippen LogP contribution in [-0.2, 0) is 6.42 Å². The fourth-order valence-electron chi connectivity index (χ4n) is 3.77. The lowest BCUT2D eigenvalue weighted by molar-refractivity contribution is 0.0702. The Labute approximate surface area is 185 Å². The number of likely N-dealkylation sites (tertiary alicyclic amines) is 1. The van der Waals surface area contributed by atoms with E-state index in [2.05, 4.69) is 15.3 Å². The van der Waals surface area contributed by atoms with Crippen molar-refractivity contribution in [2.75, 3.05) is 25.0 Å². The molecule has 0 unspecified atom stereocenters. The number of carbonyl (C=O) groups excluding carboxylic acids is 1. The number of hydrogen-bond acceptors (Lipinski definition) is 6. The predicted molar refractivity (Wildman–Crippen MR) is 120 cm³/mol. The van der Waals surface area contributed by atoms with Crippen LogP contribution in [0.5, 0.6) is 0 Å². The normalized spacial score (nSPS) is 16.6. The lowest BCUT2D eigenvalue weighted by atomic mass is 9.98. The minimum Gasteiger partial charge on any atom is -0.445 e. The van der Waals surface area contributed by atoms with Gasteiger partial charge in [-0.25, -0.2) is 9.97 Å². The quantitative estimate of drug-likeness (QED) is 0.570. The molecular formula is C22H25ClN4O2S. The number of hydrogen-bond donors (Lipinski definition) is 1. The van der Waals surface area contributed by atoms with Gasteiger partial charge in [0.15, 0.2) is 11.0 Å². The van der Waals surface area contributed by atoms with Crippen LogP contribution in [0.15, 0.2) is 34.9 Å². The summed E-state index contributed by atoms with van der Waals surface area (Å²) in [5, 5.41) is 4.70. The molecule has 2 aromatic heterocycles. The first-order chi connectivity index (χ1) is 14.5. The third-order valence-electron chi connectivity index (χ3n) is 5.22. The van der Waals surface area contributed by atoms with Gasteiger partial charge >= 0.3 is 0 Å². The molecule has 158 valence electrons. The molecule has 3 heterocycles. The number of oxazole rings is 1. The van der Waals surface area contributed by atoms with Gasteiger partial charge in [0.05, 0.1) is 17.8 Å². The highest BCUT2D eigenvalue weighted by Crippen LogP contribution is 2.30. The molecular weight excluding hydrogens is 420 g/mol. The second-order valence-corrected chi connectivity index (χ2v) is 8.96. The van der Waals surface area contributed by atoms with Crippen LogP contribution >= 0.6 is 22.9 Å². The molecule has 1 atom stereocenters. The van der Waals surface area contributed by atoms with E-state index in [4.69, 9.17) is 16.0 Å². The Kier molecular flexibility index (Phi) is 6.39. The summed E-state index contributed by atoms with van der Waals surface area (Å²) in [6, 6.07) is 7.75. The summed E-state index contributed by atoms with van der Waals surface area (Å²) in [5.74, 6) is 1.67. The summed E-state index contributed by atoms with van der Waals surface area (Å²) >= 11 is 7.50. The van der Waals surface area contributed by atoms with Crippen LogP contribution in [0, 0.1) is 6.92 Å². The smallest absolute Gasteiger partial charge is 0.265 e. The van der Waals surface area contributed by atoms with Gasteiger partial charge in [-0.05, 0) is 44.4 Å². The van der Waals surface area contributed by atoms with E-state index in [1.165, 1.54) is 11.3 Å². The van der Waals surface area contributed by atoms with Crippen molar-refractivity contribution in [3.8, 4) is 0 Å². The Balaban J connectivity index is 1.44. The molecule has 4 rings (SSSR count). The van der Waals surface area contributed by atoms with Crippen LogP contribution in [0.4, 0.5) is 5.13 Å². The topological polar surface area (TPSA) is 71.3 Å². The molecule has 6 nitrogen and oxygen atoms in total. The highest BCUT2D eigenvalue weighted by atomic mass is 35.5. The lowest BCUT2D eigenvalue weighted by Crippen LogP contribution is -2.39. The molecule has 0 aliphatic carbocycles.